The van der Waals surface area contributed by atoms with Crippen LogP contribution in [0.25, 0.3) is 21.7 Å². The molecule has 0 aliphatic carbocycles. The topological polar surface area (TPSA) is 109 Å². The Morgan fingerprint density at radius 1 is 0.868 bits per heavy atom. The number of hydrogen-bond donors (Lipinski definition) is 0. The van der Waals surface area contributed by atoms with Crippen LogP contribution in [0.15, 0.2) is 94.1 Å². The lowest BCUT2D eigenvalue weighted by Crippen LogP contribution is -2.15. The van der Waals surface area contributed by atoms with Crippen LogP contribution in [0.3, 0.4) is 0 Å². The van der Waals surface area contributed by atoms with Gasteiger partial charge in [0, 0.05) is 18.2 Å². The van der Waals surface area contributed by atoms with Crippen molar-refractivity contribution in [2.45, 2.75) is 6.18 Å². The number of non-ortho nitro benzene ring substituents is 1. The number of nitro groups is 1. The highest BCUT2D eigenvalue weighted by Crippen LogP contribution is 2.39. The van der Waals surface area contributed by atoms with E-state index in [0.717, 1.165) is 29.7 Å². The zero-order valence-corrected chi connectivity index (χ0v) is 19.0. The molecule has 5 rings (SSSR count). The molecule has 0 spiro atoms. The number of hydrogen-bond acceptors (Lipinski definition) is 7. The minimum absolute atomic E-state index is 0.00879. The molecule has 0 N–H and O–H groups in total. The van der Waals surface area contributed by atoms with Crippen LogP contribution in [0.2, 0.25) is 0 Å². The van der Waals surface area contributed by atoms with Gasteiger partial charge in [-0.1, -0.05) is 30.3 Å². The van der Waals surface area contributed by atoms with E-state index in [0.29, 0.717) is 5.39 Å². The van der Waals surface area contributed by atoms with E-state index in [1.807, 2.05) is 6.07 Å². The highest BCUT2D eigenvalue weighted by molar-refractivity contribution is 5.92. The standard InChI is InChI=1S/C27H14F3NO7/c28-27(29,30)25-24(36-19-10-7-15-3-1-2-4-17(15)13-19)23(32)21-12-11-20(14-22(21)38-25)37-26(33)16-5-8-18(9-6-16)31(34)35/h1-14H. The first-order chi connectivity index (χ1) is 18.1. The lowest BCUT2D eigenvalue weighted by molar-refractivity contribution is -0.384. The molecular weight excluding hydrogens is 507 g/mol. The van der Waals surface area contributed by atoms with Crippen LogP contribution in [0.5, 0.6) is 17.2 Å². The monoisotopic (exact) mass is 521 g/mol. The maximum absolute atomic E-state index is 13.9. The van der Waals surface area contributed by atoms with E-state index in [-0.39, 0.29) is 28.1 Å². The maximum atomic E-state index is 13.9. The van der Waals surface area contributed by atoms with Gasteiger partial charge in [-0.3, -0.25) is 14.9 Å². The normalized spacial score (nSPS) is 11.4. The van der Waals surface area contributed by atoms with Gasteiger partial charge in [0.1, 0.15) is 17.1 Å². The van der Waals surface area contributed by atoms with E-state index < -0.39 is 39.6 Å². The lowest BCUT2D eigenvalue weighted by atomic mass is 10.1. The van der Waals surface area contributed by atoms with Crippen LogP contribution in [-0.2, 0) is 6.18 Å². The second kappa shape index (κ2) is 9.36. The number of nitrogens with zero attached hydrogens (tertiary/aromatic N) is 1. The molecule has 0 saturated heterocycles. The molecule has 5 aromatic rings. The van der Waals surface area contributed by atoms with E-state index in [1.165, 1.54) is 30.3 Å². The molecule has 0 amide bonds. The summed E-state index contributed by atoms with van der Waals surface area (Å²) in [5.74, 6) is -3.80. The molecular formula is C27H14F3NO7. The minimum Gasteiger partial charge on any atom is -0.449 e. The van der Waals surface area contributed by atoms with Crippen LogP contribution in [0.1, 0.15) is 16.1 Å². The van der Waals surface area contributed by atoms with Crippen LogP contribution in [0.4, 0.5) is 18.9 Å². The van der Waals surface area contributed by atoms with Gasteiger partial charge in [-0.15, -0.1) is 0 Å². The van der Waals surface area contributed by atoms with Gasteiger partial charge in [-0.2, -0.15) is 13.2 Å². The van der Waals surface area contributed by atoms with Gasteiger partial charge in [0.2, 0.25) is 11.2 Å². The fraction of sp³-hybridized carbons (Fsp3) is 0.0370. The highest BCUT2D eigenvalue weighted by Gasteiger charge is 2.40. The molecule has 190 valence electrons. The highest BCUT2D eigenvalue weighted by atomic mass is 19.4. The number of ether oxygens (including phenoxy) is 2. The Morgan fingerprint density at radius 3 is 2.24 bits per heavy atom. The summed E-state index contributed by atoms with van der Waals surface area (Å²) < 4.78 is 57.3. The van der Waals surface area contributed by atoms with E-state index in [4.69, 9.17) is 13.9 Å². The molecule has 0 radical (unpaired) electrons. The average Bonchev–Trinajstić information content (AvgIpc) is 2.89. The number of esters is 1. The van der Waals surface area contributed by atoms with E-state index >= 15 is 0 Å². The number of benzene rings is 4. The molecule has 38 heavy (non-hydrogen) atoms. The number of nitro benzene ring substituents is 1. The van der Waals surface area contributed by atoms with Gasteiger partial charge >= 0.3 is 12.1 Å². The van der Waals surface area contributed by atoms with Crippen LogP contribution >= 0.6 is 0 Å². The van der Waals surface area contributed by atoms with Crippen LogP contribution < -0.4 is 14.9 Å². The van der Waals surface area contributed by atoms with Gasteiger partial charge in [-0.25, -0.2) is 4.79 Å². The van der Waals surface area contributed by atoms with Crippen molar-refractivity contribution in [1.29, 1.82) is 0 Å². The lowest BCUT2D eigenvalue weighted by Gasteiger charge is -2.14. The molecule has 0 saturated carbocycles. The molecule has 0 atom stereocenters. The zero-order valence-electron chi connectivity index (χ0n) is 19.0. The Labute approximate surface area is 210 Å². The molecule has 0 unspecified atom stereocenters. The maximum Gasteiger partial charge on any atom is 0.453 e. The van der Waals surface area contributed by atoms with E-state index in [2.05, 4.69) is 0 Å². The van der Waals surface area contributed by atoms with Gasteiger partial charge in [0.25, 0.3) is 11.4 Å². The molecule has 0 aliphatic rings. The number of rotatable bonds is 5. The Kier molecular flexibility index (Phi) is 6.03. The summed E-state index contributed by atoms with van der Waals surface area (Å²) in [6.07, 6.45) is -5.08. The summed E-state index contributed by atoms with van der Waals surface area (Å²) in [6.45, 7) is 0. The summed E-state index contributed by atoms with van der Waals surface area (Å²) in [4.78, 5) is 35.6. The number of alkyl halides is 3. The minimum atomic E-state index is -5.08. The summed E-state index contributed by atoms with van der Waals surface area (Å²) in [5.41, 5.74) is -1.83. The molecule has 8 nitrogen and oxygen atoms in total. The van der Waals surface area contributed by atoms with Crippen molar-refractivity contribution in [3.05, 3.63) is 117 Å². The molecule has 1 aromatic heterocycles. The first-order valence-corrected chi connectivity index (χ1v) is 10.9. The summed E-state index contributed by atoms with van der Waals surface area (Å²) in [5, 5.41) is 12.1. The molecule has 0 bridgehead atoms. The van der Waals surface area contributed by atoms with Gasteiger partial charge in [-0.05, 0) is 47.2 Å². The second-order valence-corrected chi connectivity index (χ2v) is 8.05. The van der Waals surface area contributed by atoms with Crippen molar-refractivity contribution in [1.82, 2.24) is 0 Å². The average molecular weight is 521 g/mol. The van der Waals surface area contributed by atoms with Gasteiger partial charge < -0.3 is 13.9 Å². The largest absolute Gasteiger partial charge is 0.453 e. The second-order valence-electron chi connectivity index (χ2n) is 8.05. The predicted molar refractivity (Wildman–Crippen MR) is 130 cm³/mol. The number of fused-ring (bicyclic) bond motifs is 2. The molecule has 0 aliphatic heterocycles. The third kappa shape index (κ3) is 4.76. The SMILES string of the molecule is O=C(Oc1ccc2c(=O)c(Oc3ccc4ccccc4c3)c(C(F)(F)F)oc2c1)c1ccc([N+](=O)[O-])cc1. The Balaban J connectivity index is 1.51. The predicted octanol–water partition coefficient (Wildman–Crippen LogP) is 6.88. The quantitative estimate of drug-likeness (QED) is 0.107. The smallest absolute Gasteiger partial charge is 0.449 e. The number of halogens is 3. The molecule has 4 aromatic carbocycles. The fourth-order valence-corrected chi connectivity index (χ4v) is 3.73. The molecule has 11 heteroatoms. The first kappa shape index (κ1) is 24.5. The van der Waals surface area contributed by atoms with E-state index in [1.54, 1.807) is 24.3 Å². The van der Waals surface area contributed by atoms with Crippen molar-refractivity contribution in [2.75, 3.05) is 0 Å². The Bertz CT molecular complexity index is 1780. The Hall–Kier alpha value is -5.19. The van der Waals surface area contributed by atoms with Crippen molar-refractivity contribution in [3.63, 3.8) is 0 Å². The third-order valence-corrected chi connectivity index (χ3v) is 5.54. The molecule has 1 heterocycles. The van der Waals surface area contributed by atoms with E-state index in [9.17, 15) is 32.9 Å². The van der Waals surface area contributed by atoms with Crippen molar-refractivity contribution >= 4 is 33.4 Å². The zero-order chi connectivity index (χ0) is 27.0. The Morgan fingerprint density at radius 2 is 1.55 bits per heavy atom. The molecule has 0 fully saturated rings. The van der Waals surface area contributed by atoms with Crippen LogP contribution in [-0.4, -0.2) is 10.9 Å². The summed E-state index contributed by atoms with van der Waals surface area (Å²) in [6, 6.07) is 19.6. The van der Waals surface area contributed by atoms with Crippen molar-refractivity contribution < 1.29 is 36.8 Å². The van der Waals surface area contributed by atoms with Crippen molar-refractivity contribution in [3.8, 4) is 17.2 Å². The van der Waals surface area contributed by atoms with Crippen LogP contribution in [0, 0.1) is 10.1 Å². The summed E-state index contributed by atoms with van der Waals surface area (Å²) >= 11 is 0. The van der Waals surface area contributed by atoms with Crippen molar-refractivity contribution in [2.24, 2.45) is 0 Å². The summed E-state index contributed by atoms with van der Waals surface area (Å²) in [7, 11) is 0. The number of carbonyl (C=O) groups is 1. The number of carbonyl (C=O) groups excluding carboxylic acids is 1. The van der Waals surface area contributed by atoms with Gasteiger partial charge in [0.15, 0.2) is 0 Å². The fourth-order valence-electron chi connectivity index (χ4n) is 3.73. The first-order valence-electron chi connectivity index (χ1n) is 10.9. The third-order valence-electron chi connectivity index (χ3n) is 5.54. The van der Waals surface area contributed by atoms with Gasteiger partial charge in [0.05, 0.1) is 15.9 Å².